The lowest BCUT2D eigenvalue weighted by atomic mass is 10.1. The van der Waals surface area contributed by atoms with Gasteiger partial charge in [0.15, 0.2) is 5.78 Å². The Bertz CT molecular complexity index is 622. The highest BCUT2D eigenvalue weighted by Gasteiger charge is 2.18. The van der Waals surface area contributed by atoms with Gasteiger partial charge in [0.05, 0.1) is 12.2 Å². The first-order valence-corrected chi connectivity index (χ1v) is 6.93. The number of para-hydroxylation sites is 1. The van der Waals surface area contributed by atoms with Gasteiger partial charge in [-0.2, -0.15) is 0 Å². The van der Waals surface area contributed by atoms with Crippen LogP contribution in [0.5, 0.6) is 17.2 Å². The molecule has 108 valence electrons. The van der Waals surface area contributed by atoms with Gasteiger partial charge in [0.25, 0.3) is 0 Å². The van der Waals surface area contributed by atoms with E-state index in [-0.39, 0.29) is 5.78 Å². The van der Waals surface area contributed by atoms with Crippen LogP contribution in [0.1, 0.15) is 16.8 Å². The smallest absolute Gasteiger partial charge is 0.169 e. The van der Waals surface area contributed by atoms with Crippen LogP contribution in [0.25, 0.3) is 0 Å². The van der Waals surface area contributed by atoms with E-state index < -0.39 is 0 Å². The van der Waals surface area contributed by atoms with E-state index in [1.54, 1.807) is 18.2 Å². The van der Waals surface area contributed by atoms with Crippen LogP contribution in [-0.2, 0) is 0 Å². The highest BCUT2D eigenvalue weighted by atomic mass is 16.5. The van der Waals surface area contributed by atoms with Crippen LogP contribution in [-0.4, -0.2) is 25.6 Å². The topological polar surface area (TPSA) is 44.8 Å². The number of carbonyl (C=O) groups excluding carboxylic acids is 1. The van der Waals surface area contributed by atoms with E-state index in [0.29, 0.717) is 43.3 Å². The predicted octanol–water partition coefficient (Wildman–Crippen LogP) is 3.11. The SMILES string of the molecule is O=C1CCOc2cc(OCCOc3ccccc3)ccc21. The highest BCUT2D eigenvalue weighted by Crippen LogP contribution is 2.29. The first-order valence-electron chi connectivity index (χ1n) is 6.93. The first kappa shape index (κ1) is 13.5. The number of benzene rings is 2. The summed E-state index contributed by atoms with van der Waals surface area (Å²) in [5.74, 6) is 2.23. The number of hydrogen-bond donors (Lipinski definition) is 0. The van der Waals surface area contributed by atoms with E-state index in [4.69, 9.17) is 14.2 Å². The van der Waals surface area contributed by atoms with Gasteiger partial charge in [-0.3, -0.25) is 4.79 Å². The number of hydrogen-bond acceptors (Lipinski definition) is 4. The summed E-state index contributed by atoms with van der Waals surface area (Å²) in [6.07, 6.45) is 0.443. The Morgan fingerprint density at radius 2 is 1.71 bits per heavy atom. The molecule has 4 heteroatoms. The van der Waals surface area contributed by atoms with E-state index in [1.807, 2.05) is 30.3 Å². The van der Waals surface area contributed by atoms with Gasteiger partial charge in [0, 0.05) is 12.5 Å². The number of ether oxygens (including phenoxy) is 3. The van der Waals surface area contributed by atoms with Crippen LogP contribution in [0.15, 0.2) is 48.5 Å². The molecule has 0 bridgehead atoms. The van der Waals surface area contributed by atoms with Crippen LogP contribution in [0.4, 0.5) is 0 Å². The van der Waals surface area contributed by atoms with Gasteiger partial charge >= 0.3 is 0 Å². The van der Waals surface area contributed by atoms with E-state index >= 15 is 0 Å². The summed E-state index contributed by atoms with van der Waals surface area (Å²) < 4.78 is 16.6. The number of fused-ring (bicyclic) bond motifs is 1. The Labute approximate surface area is 123 Å². The molecule has 0 saturated heterocycles. The van der Waals surface area contributed by atoms with Crippen molar-refractivity contribution in [2.75, 3.05) is 19.8 Å². The third kappa shape index (κ3) is 3.34. The Morgan fingerprint density at radius 3 is 2.52 bits per heavy atom. The van der Waals surface area contributed by atoms with Crippen molar-refractivity contribution in [3.63, 3.8) is 0 Å². The van der Waals surface area contributed by atoms with Crippen LogP contribution >= 0.6 is 0 Å². The number of Topliss-reactive ketones (excluding diaryl/α,β-unsaturated/α-hetero) is 1. The average molecular weight is 284 g/mol. The molecule has 0 amide bonds. The van der Waals surface area contributed by atoms with E-state index in [9.17, 15) is 4.79 Å². The molecule has 0 aromatic heterocycles. The quantitative estimate of drug-likeness (QED) is 0.791. The minimum Gasteiger partial charge on any atom is -0.492 e. The summed E-state index contributed by atoms with van der Waals surface area (Å²) in [6.45, 7) is 1.33. The molecule has 21 heavy (non-hydrogen) atoms. The molecule has 0 radical (unpaired) electrons. The van der Waals surface area contributed by atoms with Crippen molar-refractivity contribution in [2.45, 2.75) is 6.42 Å². The van der Waals surface area contributed by atoms with Crippen LogP contribution in [0, 0.1) is 0 Å². The lowest BCUT2D eigenvalue weighted by Crippen LogP contribution is -2.15. The second kappa shape index (κ2) is 6.31. The molecule has 2 aromatic carbocycles. The van der Waals surface area contributed by atoms with Gasteiger partial charge < -0.3 is 14.2 Å². The van der Waals surface area contributed by atoms with Crippen LogP contribution in [0.3, 0.4) is 0 Å². The summed E-state index contributed by atoms with van der Waals surface area (Å²) in [4.78, 5) is 11.7. The number of ketones is 1. The van der Waals surface area contributed by atoms with Crippen LogP contribution < -0.4 is 14.2 Å². The summed E-state index contributed by atoms with van der Waals surface area (Å²) in [5, 5.41) is 0. The fourth-order valence-electron chi connectivity index (χ4n) is 2.17. The van der Waals surface area contributed by atoms with Crippen molar-refractivity contribution < 1.29 is 19.0 Å². The van der Waals surface area contributed by atoms with E-state index in [1.165, 1.54) is 0 Å². The predicted molar refractivity (Wildman–Crippen MR) is 78.3 cm³/mol. The van der Waals surface area contributed by atoms with Gasteiger partial charge in [0.2, 0.25) is 0 Å². The molecule has 0 N–H and O–H groups in total. The van der Waals surface area contributed by atoms with Crippen LogP contribution in [0.2, 0.25) is 0 Å². The second-order valence-electron chi connectivity index (χ2n) is 4.69. The third-order valence-electron chi connectivity index (χ3n) is 3.20. The molecule has 0 atom stereocenters. The van der Waals surface area contributed by atoms with Crippen molar-refractivity contribution in [1.82, 2.24) is 0 Å². The molecule has 0 unspecified atom stereocenters. The zero-order valence-electron chi connectivity index (χ0n) is 11.6. The fraction of sp³-hybridized carbons (Fsp3) is 0.235. The molecular formula is C17H16O4. The monoisotopic (exact) mass is 284 g/mol. The molecule has 1 aliphatic rings. The lowest BCUT2D eigenvalue weighted by Gasteiger charge is -2.17. The minimum absolute atomic E-state index is 0.121. The first-order chi connectivity index (χ1) is 10.3. The summed E-state index contributed by atoms with van der Waals surface area (Å²) in [7, 11) is 0. The standard InChI is InChI=1S/C17H16O4/c18-16-8-9-21-17-12-14(6-7-15(16)17)20-11-10-19-13-4-2-1-3-5-13/h1-7,12H,8-11H2. The van der Waals surface area contributed by atoms with Crippen molar-refractivity contribution in [3.8, 4) is 17.2 Å². The third-order valence-corrected chi connectivity index (χ3v) is 3.20. The number of carbonyl (C=O) groups is 1. The van der Waals surface area contributed by atoms with Crippen molar-refractivity contribution >= 4 is 5.78 Å². The minimum atomic E-state index is 0.121. The molecule has 0 saturated carbocycles. The maximum Gasteiger partial charge on any atom is 0.169 e. The summed E-state index contributed by atoms with van der Waals surface area (Å²) in [5.41, 5.74) is 0.633. The van der Waals surface area contributed by atoms with E-state index in [0.717, 1.165) is 5.75 Å². The zero-order chi connectivity index (χ0) is 14.5. The Balaban J connectivity index is 1.53. The normalized spacial score (nSPS) is 13.2. The van der Waals surface area contributed by atoms with Gasteiger partial charge in [0.1, 0.15) is 30.5 Å². The van der Waals surface area contributed by atoms with Crippen molar-refractivity contribution in [2.24, 2.45) is 0 Å². The Hall–Kier alpha value is -2.49. The highest BCUT2D eigenvalue weighted by molar-refractivity contribution is 5.99. The summed E-state index contributed by atoms with van der Waals surface area (Å²) in [6, 6.07) is 14.9. The fourth-order valence-corrected chi connectivity index (χ4v) is 2.17. The van der Waals surface area contributed by atoms with E-state index in [2.05, 4.69) is 0 Å². The maximum atomic E-state index is 11.7. The lowest BCUT2D eigenvalue weighted by molar-refractivity contribution is 0.0933. The molecule has 0 aliphatic carbocycles. The van der Waals surface area contributed by atoms with Gasteiger partial charge in [-0.1, -0.05) is 18.2 Å². The van der Waals surface area contributed by atoms with Gasteiger partial charge in [-0.15, -0.1) is 0 Å². The average Bonchev–Trinajstić information content (AvgIpc) is 2.53. The molecule has 4 nitrogen and oxygen atoms in total. The largest absolute Gasteiger partial charge is 0.492 e. The molecule has 2 aromatic rings. The molecule has 0 spiro atoms. The maximum absolute atomic E-state index is 11.7. The van der Waals surface area contributed by atoms with Crippen molar-refractivity contribution in [1.29, 1.82) is 0 Å². The molecule has 0 fully saturated rings. The number of rotatable bonds is 5. The van der Waals surface area contributed by atoms with Gasteiger partial charge in [-0.05, 0) is 24.3 Å². The van der Waals surface area contributed by atoms with Gasteiger partial charge in [-0.25, -0.2) is 0 Å². The molecule has 1 heterocycles. The second-order valence-corrected chi connectivity index (χ2v) is 4.69. The Kier molecular flexibility index (Phi) is 4.05. The summed E-state index contributed by atoms with van der Waals surface area (Å²) >= 11 is 0. The molecule has 1 aliphatic heterocycles. The Morgan fingerprint density at radius 1 is 0.952 bits per heavy atom. The zero-order valence-corrected chi connectivity index (χ0v) is 11.6. The molecular weight excluding hydrogens is 268 g/mol. The van der Waals surface area contributed by atoms with Crippen molar-refractivity contribution in [3.05, 3.63) is 54.1 Å². The molecule has 3 rings (SSSR count).